The van der Waals surface area contributed by atoms with Crippen molar-refractivity contribution in [3.63, 3.8) is 0 Å². The molecular formula is C22H29N5O. The van der Waals surface area contributed by atoms with Gasteiger partial charge in [-0.1, -0.05) is 18.6 Å². The first-order valence-electron chi connectivity index (χ1n) is 10.3. The lowest BCUT2D eigenvalue weighted by Gasteiger charge is -2.26. The molecule has 148 valence electrons. The van der Waals surface area contributed by atoms with Crippen molar-refractivity contribution in [2.75, 3.05) is 31.5 Å². The van der Waals surface area contributed by atoms with E-state index in [1.54, 1.807) is 6.07 Å². The number of anilines is 1. The molecule has 4 rings (SSSR count). The van der Waals surface area contributed by atoms with Crippen LogP contribution in [0.3, 0.4) is 0 Å². The Morgan fingerprint density at radius 1 is 1.04 bits per heavy atom. The molecule has 0 atom stereocenters. The van der Waals surface area contributed by atoms with Gasteiger partial charge in [-0.3, -0.25) is 4.98 Å². The minimum atomic E-state index is 0.222. The lowest BCUT2D eigenvalue weighted by atomic mass is 10.1. The number of piperidine rings is 1. The third kappa shape index (κ3) is 4.28. The lowest BCUT2D eigenvalue weighted by Crippen LogP contribution is -2.31. The minimum absolute atomic E-state index is 0.222. The first-order chi connectivity index (χ1) is 13.7. The molecule has 0 aliphatic carbocycles. The Morgan fingerprint density at radius 2 is 1.86 bits per heavy atom. The van der Waals surface area contributed by atoms with Crippen LogP contribution in [0.2, 0.25) is 0 Å². The second-order valence-electron chi connectivity index (χ2n) is 7.61. The number of aromatic hydroxyl groups is 1. The van der Waals surface area contributed by atoms with Crippen LogP contribution < -0.4 is 5.32 Å². The second-order valence-corrected chi connectivity index (χ2v) is 7.61. The number of pyridine rings is 1. The highest BCUT2D eigenvalue weighted by Crippen LogP contribution is 2.24. The van der Waals surface area contributed by atoms with Gasteiger partial charge >= 0.3 is 0 Å². The van der Waals surface area contributed by atoms with Gasteiger partial charge in [-0.2, -0.15) is 0 Å². The largest absolute Gasteiger partial charge is 0.506 e. The van der Waals surface area contributed by atoms with E-state index >= 15 is 0 Å². The van der Waals surface area contributed by atoms with Crippen molar-refractivity contribution in [1.29, 1.82) is 0 Å². The van der Waals surface area contributed by atoms with Crippen LogP contribution in [-0.2, 0) is 6.54 Å². The number of nitrogens with zero attached hydrogens (tertiary/aromatic N) is 4. The molecule has 0 unspecified atom stereocenters. The molecule has 6 heteroatoms. The van der Waals surface area contributed by atoms with Crippen LogP contribution in [0.25, 0.3) is 11.0 Å². The van der Waals surface area contributed by atoms with Gasteiger partial charge in [0.25, 0.3) is 0 Å². The van der Waals surface area contributed by atoms with Crippen molar-refractivity contribution in [1.82, 2.24) is 19.4 Å². The van der Waals surface area contributed by atoms with Gasteiger partial charge in [0.2, 0.25) is 5.95 Å². The molecule has 1 aromatic carbocycles. The molecule has 1 aliphatic rings. The van der Waals surface area contributed by atoms with Crippen molar-refractivity contribution >= 4 is 17.0 Å². The summed E-state index contributed by atoms with van der Waals surface area (Å²) < 4.78 is 2.11. The predicted molar refractivity (Wildman–Crippen MR) is 113 cm³/mol. The van der Waals surface area contributed by atoms with Crippen LogP contribution in [0.5, 0.6) is 5.75 Å². The van der Waals surface area contributed by atoms with Gasteiger partial charge in [-0.05, 0) is 70.1 Å². The molecule has 1 saturated heterocycles. The summed E-state index contributed by atoms with van der Waals surface area (Å²) in [7, 11) is 0. The van der Waals surface area contributed by atoms with Crippen LogP contribution in [0.1, 0.15) is 37.1 Å². The predicted octanol–water partition coefficient (Wildman–Crippen LogP) is 3.78. The zero-order valence-electron chi connectivity index (χ0n) is 16.6. The molecule has 0 saturated carbocycles. The molecule has 1 aliphatic heterocycles. The minimum Gasteiger partial charge on any atom is -0.506 e. The number of benzene rings is 1. The van der Waals surface area contributed by atoms with Crippen molar-refractivity contribution in [2.45, 2.75) is 39.2 Å². The summed E-state index contributed by atoms with van der Waals surface area (Å²) in [5.41, 5.74) is 3.56. The van der Waals surface area contributed by atoms with Crippen LogP contribution in [0.15, 0.2) is 36.4 Å². The smallest absolute Gasteiger partial charge is 0.204 e. The number of hydrogen-bond acceptors (Lipinski definition) is 5. The summed E-state index contributed by atoms with van der Waals surface area (Å²) in [6, 6.07) is 11.6. The van der Waals surface area contributed by atoms with E-state index < -0.39 is 0 Å². The van der Waals surface area contributed by atoms with E-state index in [1.807, 2.05) is 31.2 Å². The van der Waals surface area contributed by atoms with Crippen molar-refractivity contribution < 1.29 is 5.11 Å². The Hall–Kier alpha value is -2.60. The summed E-state index contributed by atoms with van der Waals surface area (Å²) in [6.45, 7) is 6.91. The number of aromatic nitrogens is 3. The third-order valence-corrected chi connectivity index (χ3v) is 5.43. The third-order valence-electron chi connectivity index (χ3n) is 5.43. The van der Waals surface area contributed by atoms with Crippen molar-refractivity contribution in [3.05, 3.63) is 47.8 Å². The highest BCUT2D eigenvalue weighted by atomic mass is 16.3. The van der Waals surface area contributed by atoms with E-state index in [9.17, 15) is 5.11 Å². The summed E-state index contributed by atoms with van der Waals surface area (Å²) >= 11 is 0. The van der Waals surface area contributed by atoms with Crippen LogP contribution in [0, 0.1) is 6.92 Å². The molecule has 3 aromatic rings. The maximum atomic E-state index is 10.2. The normalized spacial score (nSPS) is 15.2. The van der Waals surface area contributed by atoms with E-state index in [0.717, 1.165) is 42.2 Å². The standard InChI is InChI=1S/C22H29N5O/c1-17-10-11-21(28)19(24-17)16-27-20-9-4-3-8-18(20)25-22(27)23-12-7-15-26-13-5-2-6-14-26/h3-4,8-11,28H,2,5-7,12-16H2,1H3,(H,23,25). The first kappa shape index (κ1) is 18.7. The number of fused-ring (bicyclic) bond motifs is 1. The van der Waals surface area contributed by atoms with E-state index in [4.69, 9.17) is 4.98 Å². The maximum absolute atomic E-state index is 10.2. The SMILES string of the molecule is Cc1ccc(O)c(Cn2c(NCCCN3CCCCC3)nc3ccccc32)n1. The van der Waals surface area contributed by atoms with Gasteiger partial charge in [0, 0.05) is 12.2 Å². The fourth-order valence-electron chi connectivity index (χ4n) is 3.93. The molecule has 2 N–H and O–H groups in total. The molecule has 1 fully saturated rings. The summed E-state index contributed by atoms with van der Waals surface area (Å²) in [6.07, 6.45) is 5.13. The first-order valence-corrected chi connectivity index (χ1v) is 10.3. The zero-order valence-corrected chi connectivity index (χ0v) is 16.6. The average Bonchev–Trinajstić information content (AvgIpc) is 3.06. The van der Waals surface area contributed by atoms with Gasteiger partial charge < -0.3 is 19.9 Å². The Bertz CT molecular complexity index is 930. The monoisotopic (exact) mass is 379 g/mol. The van der Waals surface area contributed by atoms with E-state index in [1.165, 1.54) is 32.4 Å². The number of para-hydroxylation sites is 2. The number of likely N-dealkylation sites (tertiary alicyclic amines) is 1. The molecule has 0 spiro atoms. The number of rotatable bonds is 7. The second kappa shape index (κ2) is 8.61. The Labute approximate surface area is 166 Å². The zero-order chi connectivity index (χ0) is 19.3. The van der Waals surface area contributed by atoms with Gasteiger partial charge in [-0.25, -0.2) is 4.98 Å². The van der Waals surface area contributed by atoms with Gasteiger partial charge in [-0.15, -0.1) is 0 Å². The molecule has 0 radical (unpaired) electrons. The summed E-state index contributed by atoms with van der Waals surface area (Å²) in [4.78, 5) is 11.9. The quantitative estimate of drug-likeness (QED) is 0.612. The molecule has 0 bridgehead atoms. The van der Waals surface area contributed by atoms with Gasteiger partial charge in [0.15, 0.2) is 0 Å². The molecule has 28 heavy (non-hydrogen) atoms. The van der Waals surface area contributed by atoms with Gasteiger partial charge in [0.1, 0.15) is 11.4 Å². The molecule has 3 heterocycles. The fraction of sp³-hybridized carbons (Fsp3) is 0.455. The maximum Gasteiger partial charge on any atom is 0.204 e. The number of imidazole rings is 1. The highest BCUT2D eigenvalue weighted by Gasteiger charge is 2.14. The number of aryl methyl sites for hydroxylation is 1. The van der Waals surface area contributed by atoms with E-state index in [2.05, 4.69) is 25.8 Å². The molecule has 0 amide bonds. The Kier molecular flexibility index (Phi) is 5.76. The fourth-order valence-corrected chi connectivity index (χ4v) is 3.93. The number of hydrogen-bond donors (Lipinski definition) is 2. The average molecular weight is 380 g/mol. The molecule has 6 nitrogen and oxygen atoms in total. The Morgan fingerprint density at radius 3 is 2.71 bits per heavy atom. The summed E-state index contributed by atoms with van der Waals surface area (Å²) in [5.74, 6) is 1.06. The van der Waals surface area contributed by atoms with Crippen molar-refractivity contribution in [2.24, 2.45) is 0 Å². The van der Waals surface area contributed by atoms with Crippen LogP contribution in [0.4, 0.5) is 5.95 Å². The van der Waals surface area contributed by atoms with E-state index in [-0.39, 0.29) is 5.75 Å². The van der Waals surface area contributed by atoms with Crippen LogP contribution >= 0.6 is 0 Å². The van der Waals surface area contributed by atoms with Crippen LogP contribution in [-0.4, -0.2) is 50.7 Å². The van der Waals surface area contributed by atoms with E-state index in [0.29, 0.717) is 12.2 Å². The lowest BCUT2D eigenvalue weighted by molar-refractivity contribution is 0.228. The molecule has 2 aromatic heterocycles. The Balaban J connectivity index is 1.49. The molecular weight excluding hydrogens is 350 g/mol. The number of nitrogens with one attached hydrogen (secondary N) is 1. The van der Waals surface area contributed by atoms with Gasteiger partial charge in [0.05, 0.1) is 17.6 Å². The summed E-state index contributed by atoms with van der Waals surface area (Å²) in [5, 5.41) is 13.7. The van der Waals surface area contributed by atoms with Crippen molar-refractivity contribution in [3.8, 4) is 5.75 Å². The highest BCUT2D eigenvalue weighted by molar-refractivity contribution is 5.78. The topological polar surface area (TPSA) is 66.2 Å².